The molecule has 0 bridgehead atoms. The molecule has 4 nitrogen and oxygen atoms in total. The standard InChI is InChI=1S/C10H20N2O2/c1-3-7(6-11)10(13)12-8-4-9(5-8)14-2/h7-9H,3-6,11H2,1-2H3,(H,12,13). The minimum Gasteiger partial charge on any atom is -0.381 e. The summed E-state index contributed by atoms with van der Waals surface area (Å²) in [6.07, 6.45) is 3.01. The molecule has 0 heterocycles. The molecule has 1 aliphatic rings. The predicted molar refractivity (Wildman–Crippen MR) is 54.8 cm³/mol. The second-order valence-corrected chi connectivity index (χ2v) is 3.88. The van der Waals surface area contributed by atoms with Crippen LogP contribution >= 0.6 is 0 Å². The van der Waals surface area contributed by atoms with E-state index in [0.717, 1.165) is 19.3 Å². The van der Waals surface area contributed by atoms with Crippen LogP contribution in [0.3, 0.4) is 0 Å². The molecule has 1 unspecified atom stereocenters. The Morgan fingerprint density at radius 1 is 1.64 bits per heavy atom. The minimum absolute atomic E-state index is 0.0309. The van der Waals surface area contributed by atoms with Gasteiger partial charge in [-0.25, -0.2) is 0 Å². The fourth-order valence-electron chi connectivity index (χ4n) is 1.65. The summed E-state index contributed by atoms with van der Waals surface area (Å²) in [6.45, 7) is 2.42. The summed E-state index contributed by atoms with van der Waals surface area (Å²) in [5, 5.41) is 2.98. The van der Waals surface area contributed by atoms with Gasteiger partial charge in [-0.15, -0.1) is 0 Å². The Balaban J connectivity index is 2.21. The molecule has 0 aromatic carbocycles. The zero-order chi connectivity index (χ0) is 10.6. The van der Waals surface area contributed by atoms with Crippen molar-refractivity contribution in [2.24, 2.45) is 11.7 Å². The Hall–Kier alpha value is -0.610. The molecule has 0 aromatic rings. The second kappa shape index (κ2) is 5.32. The van der Waals surface area contributed by atoms with Crippen molar-refractivity contribution in [2.75, 3.05) is 13.7 Å². The first-order valence-corrected chi connectivity index (χ1v) is 5.24. The molecule has 1 amide bonds. The lowest BCUT2D eigenvalue weighted by molar-refractivity contribution is -0.127. The molecular formula is C10H20N2O2. The number of hydrogen-bond donors (Lipinski definition) is 2. The third-order valence-electron chi connectivity index (χ3n) is 2.92. The number of nitrogens with one attached hydrogen (secondary N) is 1. The fraction of sp³-hybridized carbons (Fsp3) is 0.900. The molecule has 1 saturated carbocycles. The molecule has 1 atom stereocenters. The average molecular weight is 200 g/mol. The summed E-state index contributed by atoms with van der Waals surface area (Å²) < 4.78 is 5.14. The molecule has 0 aromatic heterocycles. The van der Waals surface area contributed by atoms with Crippen LogP contribution in [0, 0.1) is 5.92 Å². The number of ether oxygens (including phenoxy) is 1. The van der Waals surface area contributed by atoms with E-state index in [2.05, 4.69) is 5.32 Å². The lowest BCUT2D eigenvalue weighted by Gasteiger charge is -2.35. The van der Waals surface area contributed by atoms with Crippen LogP contribution < -0.4 is 11.1 Å². The van der Waals surface area contributed by atoms with Crippen LogP contribution in [0.1, 0.15) is 26.2 Å². The van der Waals surface area contributed by atoms with Gasteiger partial charge in [0.25, 0.3) is 0 Å². The fourth-order valence-corrected chi connectivity index (χ4v) is 1.65. The van der Waals surface area contributed by atoms with E-state index in [1.807, 2.05) is 6.92 Å². The first kappa shape index (κ1) is 11.5. The molecule has 0 aliphatic heterocycles. The first-order valence-electron chi connectivity index (χ1n) is 5.24. The zero-order valence-corrected chi connectivity index (χ0v) is 8.95. The monoisotopic (exact) mass is 200 g/mol. The van der Waals surface area contributed by atoms with Gasteiger partial charge in [0.1, 0.15) is 0 Å². The largest absolute Gasteiger partial charge is 0.381 e. The molecule has 3 N–H and O–H groups in total. The van der Waals surface area contributed by atoms with E-state index >= 15 is 0 Å². The van der Waals surface area contributed by atoms with Crippen LogP contribution in [0.4, 0.5) is 0 Å². The van der Waals surface area contributed by atoms with Gasteiger partial charge in [-0.3, -0.25) is 4.79 Å². The summed E-state index contributed by atoms with van der Waals surface area (Å²) in [5.41, 5.74) is 5.49. The van der Waals surface area contributed by atoms with Crippen molar-refractivity contribution >= 4 is 5.91 Å². The Bertz CT molecular complexity index is 187. The lowest BCUT2D eigenvalue weighted by atomic mass is 9.88. The molecule has 1 fully saturated rings. The van der Waals surface area contributed by atoms with E-state index in [1.165, 1.54) is 0 Å². The van der Waals surface area contributed by atoms with E-state index in [-0.39, 0.29) is 11.8 Å². The maximum absolute atomic E-state index is 11.6. The Morgan fingerprint density at radius 2 is 2.29 bits per heavy atom. The summed E-state index contributed by atoms with van der Waals surface area (Å²) in [5.74, 6) is 0.0612. The maximum Gasteiger partial charge on any atom is 0.224 e. The van der Waals surface area contributed by atoms with Gasteiger partial charge in [0, 0.05) is 25.6 Å². The van der Waals surface area contributed by atoms with Gasteiger partial charge in [0.05, 0.1) is 6.10 Å². The highest BCUT2D eigenvalue weighted by molar-refractivity contribution is 5.79. The van der Waals surface area contributed by atoms with Crippen molar-refractivity contribution in [2.45, 2.75) is 38.3 Å². The highest BCUT2D eigenvalue weighted by Crippen LogP contribution is 2.22. The molecular weight excluding hydrogens is 180 g/mol. The normalized spacial score (nSPS) is 27.9. The highest BCUT2D eigenvalue weighted by Gasteiger charge is 2.31. The number of methoxy groups -OCH3 is 1. The van der Waals surface area contributed by atoms with Crippen molar-refractivity contribution in [3.63, 3.8) is 0 Å². The van der Waals surface area contributed by atoms with Gasteiger partial charge in [-0.1, -0.05) is 6.92 Å². The number of carbonyl (C=O) groups excluding carboxylic acids is 1. The van der Waals surface area contributed by atoms with E-state index in [4.69, 9.17) is 10.5 Å². The highest BCUT2D eigenvalue weighted by atomic mass is 16.5. The topological polar surface area (TPSA) is 64.4 Å². The molecule has 82 valence electrons. The molecule has 14 heavy (non-hydrogen) atoms. The molecule has 0 spiro atoms. The van der Waals surface area contributed by atoms with Crippen LogP contribution in [0.25, 0.3) is 0 Å². The van der Waals surface area contributed by atoms with Crippen molar-refractivity contribution in [3.8, 4) is 0 Å². The van der Waals surface area contributed by atoms with E-state index in [0.29, 0.717) is 18.7 Å². The lowest BCUT2D eigenvalue weighted by Crippen LogP contribution is -2.50. The Kier molecular flexibility index (Phi) is 4.35. The van der Waals surface area contributed by atoms with Crippen molar-refractivity contribution in [3.05, 3.63) is 0 Å². The number of rotatable bonds is 5. The zero-order valence-electron chi connectivity index (χ0n) is 8.95. The van der Waals surface area contributed by atoms with Crippen molar-refractivity contribution in [1.29, 1.82) is 0 Å². The van der Waals surface area contributed by atoms with E-state index < -0.39 is 0 Å². The van der Waals surface area contributed by atoms with Crippen LogP contribution in [0.2, 0.25) is 0 Å². The molecule has 1 aliphatic carbocycles. The molecule has 4 heteroatoms. The van der Waals surface area contributed by atoms with Crippen LogP contribution in [0.15, 0.2) is 0 Å². The number of nitrogens with two attached hydrogens (primary N) is 1. The predicted octanol–water partition coefficient (Wildman–Crippen LogP) is 0.265. The van der Waals surface area contributed by atoms with E-state index in [9.17, 15) is 4.79 Å². The maximum atomic E-state index is 11.6. The molecule has 0 radical (unpaired) electrons. The first-order chi connectivity index (χ1) is 6.71. The second-order valence-electron chi connectivity index (χ2n) is 3.88. The Morgan fingerprint density at radius 3 is 2.71 bits per heavy atom. The molecule has 0 saturated heterocycles. The van der Waals surface area contributed by atoms with Gasteiger partial charge < -0.3 is 15.8 Å². The number of carbonyl (C=O) groups is 1. The minimum atomic E-state index is -0.0309. The number of amides is 1. The van der Waals surface area contributed by atoms with Crippen LogP contribution in [-0.2, 0) is 9.53 Å². The smallest absolute Gasteiger partial charge is 0.224 e. The number of hydrogen-bond acceptors (Lipinski definition) is 3. The van der Waals surface area contributed by atoms with Gasteiger partial charge in [-0.2, -0.15) is 0 Å². The average Bonchev–Trinajstić information content (AvgIpc) is 2.12. The third-order valence-corrected chi connectivity index (χ3v) is 2.92. The third kappa shape index (κ3) is 2.69. The summed E-state index contributed by atoms with van der Waals surface area (Å²) in [7, 11) is 1.71. The van der Waals surface area contributed by atoms with Crippen LogP contribution in [0.5, 0.6) is 0 Å². The summed E-state index contributed by atoms with van der Waals surface area (Å²) in [4.78, 5) is 11.6. The van der Waals surface area contributed by atoms with Gasteiger partial charge >= 0.3 is 0 Å². The molecule has 1 rings (SSSR count). The van der Waals surface area contributed by atoms with Crippen molar-refractivity contribution in [1.82, 2.24) is 5.32 Å². The van der Waals surface area contributed by atoms with Gasteiger partial charge in [0.15, 0.2) is 0 Å². The van der Waals surface area contributed by atoms with Gasteiger partial charge in [0.2, 0.25) is 5.91 Å². The summed E-state index contributed by atoms with van der Waals surface area (Å²) in [6, 6.07) is 0.299. The van der Waals surface area contributed by atoms with Crippen molar-refractivity contribution < 1.29 is 9.53 Å². The Labute approximate surface area is 85.2 Å². The summed E-state index contributed by atoms with van der Waals surface area (Å²) >= 11 is 0. The van der Waals surface area contributed by atoms with Gasteiger partial charge in [-0.05, 0) is 19.3 Å². The quantitative estimate of drug-likeness (QED) is 0.669. The van der Waals surface area contributed by atoms with Crippen LogP contribution in [-0.4, -0.2) is 31.7 Å². The van der Waals surface area contributed by atoms with E-state index in [1.54, 1.807) is 7.11 Å². The SMILES string of the molecule is CCC(CN)C(=O)NC1CC(OC)C1.